The van der Waals surface area contributed by atoms with Gasteiger partial charge in [-0.3, -0.25) is 9.78 Å². The van der Waals surface area contributed by atoms with Crippen LogP contribution in [0.4, 0.5) is 22.0 Å². The van der Waals surface area contributed by atoms with Gasteiger partial charge in [-0.25, -0.2) is 8.78 Å². The number of hydrogen-bond donors (Lipinski definition) is 0. The summed E-state index contributed by atoms with van der Waals surface area (Å²) >= 11 is 1.40. The average molecular weight is 367 g/mol. The molecule has 0 aliphatic heterocycles. The molecule has 94 valence electrons. The van der Waals surface area contributed by atoms with Gasteiger partial charge in [-0.15, -0.1) is 13.2 Å². The Bertz CT molecular complexity index is 435. The molecule has 0 spiro atoms. The molecule has 0 saturated carbocycles. The number of hydrogen-bond acceptors (Lipinski definition) is 3. The highest BCUT2D eigenvalue weighted by Gasteiger charge is 2.34. The second-order valence-electron chi connectivity index (χ2n) is 2.70. The first-order chi connectivity index (χ1) is 7.76. The Labute approximate surface area is 105 Å². The number of rotatable bonds is 3. The standard InChI is InChI=1S/C8H3F5INO2/c9-7(10)5-3(2-16)6(4(14)1-15-5)17-8(11,12)13/h1-2,7H. The SMILES string of the molecule is O=Cc1c(C(F)F)ncc(I)c1OC(F)(F)F. The summed E-state index contributed by atoms with van der Waals surface area (Å²) < 4.78 is 64.2. The predicted octanol–water partition coefficient (Wildman–Crippen LogP) is 3.33. The lowest BCUT2D eigenvalue weighted by Crippen LogP contribution is -2.20. The van der Waals surface area contributed by atoms with Gasteiger partial charge >= 0.3 is 6.36 Å². The minimum Gasteiger partial charge on any atom is -0.404 e. The molecule has 1 heterocycles. The zero-order valence-electron chi connectivity index (χ0n) is 7.76. The maximum absolute atomic E-state index is 12.4. The molecule has 1 aromatic rings. The van der Waals surface area contributed by atoms with Crippen molar-refractivity contribution in [3.63, 3.8) is 0 Å². The minimum atomic E-state index is -5.07. The summed E-state index contributed by atoms with van der Waals surface area (Å²) in [6.07, 6.45) is -7.60. The molecule has 1 rings (SSSR count). The van der Waals surface area contributed by atoms with E-state index in [2.05, 4.69) is 9.72 Å². The van der Waals surface area contributed by atoms with Crippen molar-refractivity contribution in [2.45, 2.75) is 12.8 Å². The monoisotopic (exact) mass is 367 g/mol. The van der Waals surface area contributed by atoms with Crippen molar-refractivity contribution in [2.24, 2.45) is 0 Å². The van der Waals surface area contributed by atoms with Gasteiger partial charge in [0.25, 0.3) is 6.43 Å². The van der Waals surface area contributed by atoms with Crippen LogP contribution in [0.15, 0.2) is 6.20 Å². The molecule has 9 heteroatoms. The fourth-order valence-corrected chi connectivity index (χ4v) is 1.55. The van der Waals surface area contributed by atoms with Crippen LogP contribution in [0.2, 0.25) is 0 Å². The molecule has 0 amide bonds. The maximum atomic E-state index is 12.4. The number of aldehydes is 1. The summed E-state index contributed by atoms with van der Waals surface area (Å²) in [5, 5.41) is 0. The van der Waals surface area contributed by atoms with E-state index in [1.165, 1.54) is 22.6 Å². The van der Waals surface area contributed by atoms with Crippen LogP contribution >= 0.6 is 22.6 Å². The molecule has 0 saturated heterocycles. The number of carbonyl (C=O) groups excluding carboxylic acids is 1. The van der Waals surface area contributed by atoms with Crippen molar-refractivity contribution >= 4 is 28.9 Å². The number of nitrogens with zero attached hydrogens (tertiary/aromatic N) is 1. The van der Waals surface area contributed by atoms with Crippen molar-refractivity contribution in [2.75, 3.05) is 0 Å². The first kappa shape index (κ1) is 14.1. The molecule has 0 aromatic carbocycles. The van der Waals surface area contributed by atoms with Crippen molar-refractivity contribution in [1.82, 2.24) is 4.98 Å². The third kappa shape index (κ3) is 3.48. The van der Waals surface area contributed by atoms with Crippen LogP contribution in [-0.4, -0.2) is 17.6 Å². The molecule has 0 fully saturated rings. The van der Waals surface area contributed by atoms with Gasteiger partial charge in [0.2, 0.25) is 0 Å². The molecular formula is C8H3F5INO2. The molecule has 0 bridgehead atoms. The van der Waals surface area contributed by atoms with Gasteiger partial charge in [0.1, 0.15) is 5.69 Å². The van der Waals surface area contributed by atoms with Crippen molar-refractivity contribution in [1.29, 1.82) is 0 Å². The zero-order valence-corrected chi connectivity index (χ0v) is 9.92. The van der Waals surface area contributed by atoms with Crippen LogP contribution in [0.25, 0.3) is 0 Å². The number of halogens is 6. The number of aromatic nitrogens is 1. The molecule has 0 atom stereocenters. The Kier molecular flexibility index (Phi) is 4.22. The van der Waals surface area contributed by atoms with Crippen LogP contribution in [0, 0.1) is 3.57 Å². The summed E-state index contributed by atoms with van der Waals surface area (Å²) in [5.74, 6) is -0.960. The van der Waals surface area contributed by atoms with Crippen LogP contribution in [0.3, 0.4) is 0 Å². The fourth-order valence-electron chi connectivity index (χ4n) is 1.01. The average Bonchev–Trinajstić information content (AvgIpc) is 2.18. The largest absolute Gasteiger partial charge is 0.573 e. The van der Waals surface area contributed by atoms with Crippen LogP contribution < -0.4 is 4.74 Å². The number of ether oxygens (including phenoxy) is 1. The summed E-state index contributed by atoms with van der Waals surface area (Å²) in [6.45, 7) is 0. The quantitative estimate of drug-likeness (QED) is 0.468. The molecule has 0 N–H and O–H groups in total. The van der Waals surface area contributed by atoms with Crippen LogP contribution in [-0.2, 0) is 0 Å². The molecule has 17 heavy (non-hydrogen) atoms. The van der Waals surface area contributed by atoms with E-state index in [4.69, 9.17) is 0 Å². The highest BCUT2D eigenvalue weighted by Crippen LogP contribution is 2.34. The van der Waals surface area contributed by atoms with Gasteiger partial charge < -0.3 is 4.74 Å². The highest BCUT2D eigenvalue weighted by molar-refractivity contribution is 14.1. The van der Waals surface area contributed by atoms with Gasteiger partial charge in [0.15, 0.2) is 12.0 Å². The second-order valence-corrected chi connectivity index (χ2v) is 3.86. The molecule has 3 nitrogen and oxygen atoms in total. The first-order valence-corrected chi connectivity index (χ1v) is 5.01. The third-order valence-corrected chi connectivity index (χ3v) is 2.37. The summed E-state index contributed by atoms with van der Waals surface area (Å²) in [4.78, 5) is 13.8. The Morgan fingerprint density at radius 1 is 1.41 bits per heavy atom. The molecule has 1 aromatic heterocycles. The van der Waals surface area contributed by atoms with Gasteiger partial charge in [0.05, 0.1) is 9.13 Å². The lowest BCUT2D eigenvalue weighted by Gasteiger charge is -2.14. The van der Waals surface area contributed by atoms with E-state index in [1.54, 1.807) is 0 Å². The maximum Gasteiger partial charge on any atom is 0.573 e. The first-order valence-electron chi connectivity index (χ1n) is 3.93. The molecular weight excluding hydrogens is 364 g/mol. The summed E-state index contributed by atoms with van der Waals surface area (Å²) in [6, 6.07) is 0. The Morgan fingerprint density at radius 3 is 2.41 bits per heavy atom. The number of pyridine rings is 1. The second kappa shape index (κ2) is 5.10. The highest BCUT2D eigenvalue weighted by atomic mass is 127. The Morgan fingerprint density at radius 2 is 2.00 bits per heavy atom. The van der Waals surface area contributed by atoms with E-state index < -0.39 is 29.8 Å². The predicted molar refractivity (Wildman–Crippen MR) is 54.0 cm³/mol. The van der Waals surface area contributed by atoms with Crippen LogP contribution in [0.1, 0.15) is 22.5 Å². The molecule has 0 radical (unpaired) electrons. The third-order valence-electron chi connectivity index (χ3n) is 1.60. The van der Waals surface area contributed by atoms with E-state index in [0.29, 0.717) is 0 Å². The van der Waals surface area contributed by atoms with Crippen LogP contribution in [0.5, 0.6) is 5.75 Å². The molecule has 0 aliphatic rings. The van der Waals surface area contributed by atoms with Gasteiger partial charge in [0, 0.05) is 6.20 Å². The van der Waals surface area contributed by atoms with E-state index in [9.17, 15) is 26.7 Å². The topological polar surface area (TPSA) is 39.2 Å². The lowest BCUT2D eigenvalue weighted by atomic mass is 10.2. The van der Waals surface area contributed by atoms with E-state index in [-0.39, 0.29) is 9.86 Å². The van der Waals surface area contributed by atoms with E-state index in [0.717, 1.165) is 6.20 Å². The number of alkyl halides is 5. The minimum absolute atomic E-state index is 0.141. The lowest BCUT2D eigenvalue weighted by molar-refractivity contribution is -0.275. The smallest absolute Gasteiger partial charge is 0.404 e. The van der Waals surface area contributed by atoms with Crippen molar-refractivity contribution in [3.8, 4) is 5.75 Å². The Hall–Kier alpha value is -1.00. The fraction of sp³-hybridized carbons (Fsp3) is 0.250. The van der Waals surface area contributed by atoms with Crippen molar-refractivity contribution in [3.05, 3.63) is 21.0 Å². The zero-order chi connectivity index (χ0) is 13.2. The van der Waals surface area contributed by atoms with Gasteiger partial charge in [-0.2, -0.15) is 0 Å². The summed E-state index contributed by atoms with van der Waals surface area (Å²) in [7, 11) is 0. The van der Waals surface area contributed by atoms with E-state index in [1.807, 2.05) is 0 Å². The molecule has 0 aliphatic carbocycles. The normalized spacial score (nSPS) is 11.7. The Balaban J connectivity index is 3.36. The van der Waals surface area contributed by atoms with E-state index >= 15 is 0 Å². The number of carbonyl (C=O) groups is 1. The van der Waals surface area contributed by atoms with Gasteiger partial charge in [-0.1, -0.05) is 0 Å². The van der Waals surface area contributed by atoms with Gasteiger partial charge in [-0.05, 0) is 22.6 Å². The molecule has 0 unspecified atom stereocenters. The van der Waals surface area contributed by atoms with Crippen molar-refractivity contribution < 1.29 is 31.5 Å². The summed E-state index contributed by atoms with van der Waals surface area (Å²) in [5.41, 5.74) is -1.94.